The van der Waals surface area contributed by atoms with Crippen molar-refractivity contribution in [3.8, 4) is 11.1 Å². The molecule has 1 aliphatic rings. The first kappa shape index (κ1) is 14.8. The lowest BCUT2D eigenvalue weighted by atomic mass is 9.97. The molecule has 22 heavy (non-hydrogen) atoms. The van der Waals surface area contributed by atoms with Gasteiger partial charge in [0.1, 0.15) is 0 Å². The number of nitrogens with zero attached hydrogens (tertiary/aromatic N) is 1. The zero-order valence-corrected chi connectivity index (χ0v) is 13.1. The summed E-state index contributed by atoms with van der Waals surface area (Å²) in [6.45, 7) is 5.21. The van der Waals surface area contributed by atoms with Gasteiger partial charge in [0.2, 0.25) is 5.91 Å². The molecule has 0 bridgehead atoms. The monoisotopic (exact) mass is 294 g/mol. The Kier molecular flexibility index (Phi) is 3.99. The van der Waals surface area contributed by atoms with E-state index in [9.17, 15) is 4.79 Å². The van der Waals surface area contributed by atoms with Gasteiger partial charge in [-0.1, -0.05) is 62.4 Å². The van der Waals surface area contributed by atoms with Gasteiger partial charge >= 0.3 is 0 Å². The van der Waals surface area contributed by atoms with Crippen LogP contribution in [0.15, 0.2) is 48.5 Å². The first-order chi connectivity index (χ1) is 10.6. The predicted octanol–water partition coefficient (Wildman–Crippen LogP) is 3.18. The smallest absolute Gasteiger partial charge is 0.240 e. The second-order valence-corrected chi connectivity index (χ2v) is 6.28. The average molecular weight is 294 g/mol. The van der Waals surface area contributed by atoms with Crippen LogP contribution < -0.4 is 5.73 Å². The van der Waals surface area contributed by atoms with Crippen LogP contribution in [0.1, 0.15) is 25.0 Å². The van der Waals surface area contributed by atoms with Crippen molar-refractivity contribution >= 4 is 5.91 Å². The highest BCUT2D eigenvalue weighted by Crippen LogP contribution is 2.32. The first-order valence-corrected chi connectivity index (χ1v) is 7.78. The summed E-state index contributed by atoms with van der Waals surface area (Å²) < 4.78 is 0. The Bertz CT molecular complexity index is 646. The SMILES string of the molecule is CC(C)[C@H](N)C(=O)N1Cc2ccccc2-c2ccccc2C1. The van der Waals surface area contributed by atoms with Gasteiger partial charge < -0.3 is 10.6 Å². The Morgan fingerprint density at radius 3 is 1.86 bits per heavy atom. The van der Waals surface area contributed by atoms with Gasteiger partial charge in [-0.05, 0) is 28.2 Å². The molecule has 1 heterocycles. The highest BCUT2D eigenvalue weighted by Gasteiger charge is 2.27. The third-order valence-corrected chi connectivity index (χ3v) is 4.36. The number of carbonyl (C=O) groups excluding carboxylic acids is 1. The molecule has 0 radical (unpaired) electrons. The second-order valence-electron chi connectivity index (χ2n) is 6.28. The van der Waals surface area contributed by atoms with Crippen molar-refractivity contribution in [2.24, 2.45) is 11.7 Å². The van der Waals surface area contributed by atoms with Crippen LogP contribution in [0.2, 0.25) is 0 Å². The van der Waals surface area contributed by atoms with Gasteiger partial charge in [0.05, 0.1) is 6.04 Å². The standard InChI is InChI=1S/C19H22N2O/c1-13(2)18(20)19(22)21-11-14-7-3-5-9-16(14)17-10-6-4-8-15(17)12-21/h3-10,13,18H,11-12,20H2,1-2H3/t18-/m0/s1. The highest BCUT2D eigenvalue weighted by molar-refractivity contribution is 5.83. The molecular formula is C19H22N2O. The molecule has 0 saturated carbocycles. The fraction of sp³-hybridized carbons (Fsp3) is 0.316. The molecule has 3 nitrogen and oxygen atoms in total. The molecule has 2 N–H and O–H groups in total. The third-order valence-electron chi connectivity index (χ3n) is 4.36. The highest BCUT2D eigenvalue weighted by atomic mass is 16.2. The number of nitrogens with two attached hydrogens (primary N) is 1. The molecule has 2 aromatic carbocycles. The van der Waals surface area contributed by atoms with E-state index in [1.54, 1.807) is 0 Å². The molecule has 0 unspecified atom stereocenters. The summed E-state index contributed by atoms with van der Waals surface area (Å²) in [5, 5.41) is 0. The maximum Gasteiger partial charge on any atom is 0.240 e. The number of amides is 1. The molecule has 2 aromatic rings. The molecule has 0 aromatic heterocycles. The van der Waals surface area contributed by atoms with E-state index in [4.69, 9.17) is 5.73 Å². The Morgan fingerprint density at radius 2 is 1.41 bits per heavy atom. The van der Waals surface area contributed by atoms with Crippen LogP contribution in [-0.2, 0) is 17.9 Å². The third kappa shape index (κ3) is 2.64. The zero-order valence-electron chi connectivity index (χ0n) is 13.1. The maximum atomic E-state index is 12.7. The van der Waals surface area contributed by atoms with Crippen LogP contribution in [-0.4, -0.2) is 16.8 Å². The average Bonchev–Trinajstić information content (AvgIpc) is 2.70. The summed E-state index contributed by atoms with van der Waals surface area (Å²) >= 11 is 0. The maximum absolute atomic E-state index is 12.7. The molecule has 114 valence electrons. The van der Waals surface area contributed by atoms with E-state index in [1.807, 2.05) is 43.0 Å². The van der Waals surface area contributed by atoms with Crippen LogP contribution in [0.4, 0.5) is 0 Å². The summed E-state index contributed by atoms with van der Waals surface area (Å²) in [5.41, 5.74) is 10.9. The van der Waals surface area contributed by atoms with Crippen molar-refractivity contribution in [2.75, 3.05) is 0 Å². The molecule has 3 heteroatoms. The minimum absolute atomic E-state index is 0.0292. The normalized spacial score (nSPS) is 15.0. The number of hydrogen-bond donors (Lipinski definition) is 1. The fourth-order valence-electron chi connectivity index (χ4n) is 2.96. The van der Waals surface area contributed by atoms with Crippen LogP contribution in [0.5, 0.6) is 0 Å². The lowest BCUT2D eigenvalue weighted by Crippen LogP contribution is -2.45. The largest absolute Gasteiger partial charge is 0.333 e. The molecule has 0 saturated heterocycles. The van der Waals surface area contributed by atoms with Gasteiger partial charge in [-0.15, -0.1) is 0 Å². The van der Waals surface area contributed by atoms with Gasteiger partial charge in [-0.2, -0.15) is 0 Å². The van der Waals surface area contributed by atoms with E-state index in [2.05, 4.69) is 24.3 Å². The molecular weight excluding hydrogens is 272 g/mol. The fourth-order valence-corrected chi connectivity index (χ4v) is 2.96. The number of rotatable bonds is 2. The molecule has 0 spiro atoms. The minimum Gasteiger partial charge on any atom is -0.333 e. The molecule has 1 amide bonds. The zero-order chi connectivity index (χ0) is 15.7. The Labute approximate surface area is 131 Å². The number of hydrogen-bond acceptors (Lipinski definition) is 2. The van der Waals surface area contributed by atoms with Gasteiger partial charge in [0.25, 0.3) is 0 Å². The molecule has 1 aliphatic heterocycles. The summed E-state index contributed by atoms with van der Waals surface area (Å²) in [5.74, 6) is 0.169. The molecule has 3 rings (SSSR count). The van der Waals surface area contributed by atoms with E-state index in [-0.39, 0.29) is 11.8 Å². The van der Waals surface area contributed by atoms with E-state index in [1.165, 1.54) is 22.3 Å². The van der Waals surface area contributed by atoms with Crippen LogP contribution in [0, 0.1) is 5.92 Å². The van der Waals surface area contributed by atoms with Crippen molar-refractivity contribution < 1.29 is 4.79 Å². The number of fused-ring (bicyclic) bond motifs is 3. The molecule has 1 atom stereocenters. The topological polar surface area (TPSA) is 46.3 Å². The van der Waals surface area contributed by atoms with E-state index >= 15 is 0 Å². The van der Waals surface area contributed by atoms with E-state index in [0.29, 0.717) is 13.1 Å². The molecule has 0 aliphatic carbocycles. The van der Waals surface area contributed by atoms with Crippen molar-refractivity contribution in [3.05, 3.63) is 59.7 Å². The summed E-state index contributed by atoms with van der Waals surface area (Å²) in [4.78, 5) is 14.6. The van der Waals surface area contributed by atoms with Crippen molar-refractivity contribution in [3.63, 3.8) is 0 Å². The predicted molar refractivity (Wildman–Crippen MR) is 88.9 cm³/mol. The minimum atomic E-state index is -0.447. The summed E-state index contributed by atoms with van der Waals surface area (Å²) in [6, 6.07) is 16.2. The quantitative estimate of drug-likeness (QED) is 0.924. The van der Waals surface area contributed by atoms with E-state index < -0.39 is 6.04 Å². The lowest BCUT2D eigenvalue weighted by molar-refractivity contribution is -0.134. The summed E-state index contributed by atoms with van der Waals surface area (Å²) in [7, 11) is 0. The van der Waals surface area contributed by atoms with Gasteiger partial charge in [0, 0.05) is 13.1 Å². The number of benzene rings is 2. The van der Waals surface area contributed by atoms with Crippen molar-refractivity contribution in [1.29, 1.82) is 0 Å². The van der Waals surface area contributed by atoms with Crippen LogP contribution in [0.25, 0.3) is 11.1 Å². The van der Waals surface area contributed by atoms with Crippen LogP contribution >= 0.6 is 0 Å². The van der Waals surface area contributed by atoms with Crippen LogP contribution in [0.3, 0.4) is 0 Å². The van der Waals surface area contributed by atoms with E-state index in [0.717, 1.165) is 0 Å². The summed E-state index contributed by atoms with van der Waals surface area (Å²) in [6.07, 6.45) is 0. The Balaban J connectivity index is 2.04. The first-order valence-electron chi connectivity index (χ1n) is 7.78. The molecule has 0 fully saturated rings. The van der Waals surface area contributed by atoms with Crippen molar-refractivity contribution in [2.45, 2.75) is 33.0 Å². The number of carbonyl (C=O) groups is 1. The Morgan fingerprint density at radius 1 is 0.955 bits per heavy atom. The van der Waals surface area contributed by atoms with Gasteiger partial charge in [0.15, 0.2) is 0 Å². The second kappa shape index (κ2) is 5.93. The lowest BCUT2D eigenvalue weighted by Gasteiger charge is -2.26. The van der Waals surface area contributed by atoms with Gasteiger partial charge in [-0.3, -0.25) is 4.79 Å². The van der Waals surface area contributed by atoms with Crippen molar-refractivity contribution in [1.82, 2.24) is 4.90 Å². The van der Waals surface area contributed by atoms with Gasteiger partial charge in [-0.25, -0.2) is 0 Å². The Hall–Kier alpha value is -2.13.